The largest absolute Gasteiger partial charge is 0.325 e. The Balaban J connectivity index is 1.95. The molecule has 1 aromatic heterocycles. The first-order valence-electron chi connectivity index (χ1n) is 5.93. The number of nitrogens with zero attached hydrogens (tertiary/aromatic N) is 2. The van der Waals surface area contributed by atoms with Crippen LogP contribution in [-0.4, -0.2) is 16.3 Å². The van der Waals surface area contributed by atoms with Crippen LogP contribution in [0.4, 0.5) is 0 Å². The first kappa shape index (κ1) is 11.7. The molecule has 2 heterocycles. The van der Waals surface area contributed by atoms with Gasteiger partial charge in [0.2, 0.25) is 0 Å². The second-order valence-electron chi connectivity index (χ2n) is 4.44. The van der Waals surface area contributed by atoms with E-state index in [9.17, 15) is 0 Å². The van der Waals surface area contributed by atoms with Crippen molar-refractivity contribution in [1.29, 1.82) is 0 Å². The summed E-state index contributed by atoms with van der Waals surface area (Å²) >= 11 is 1.80. The molecule has 3 nitrogen and oxygen atoms in total. The molecule has 0 bridgehead atoms. The summed E-state index contributed by atoms with van der Waals surface area (Å²) in [6.07, 6.45) is 1.90. The highest BCUT2D eigenvalue weighted by molar-refractivity contribution is 7.97. The average Bonchev–Trinajstić information content (AvgIpc) is 2.78. The van der Waals surface area contributed by atoms with Crippen LogP contribution in [0.5, 0.6) is 0 Å². The molecule has 2 N–H and O–H groups in total. The van der Waals surface area contributed by atoms with Gasteiger partial charge in [0.25, 0.3) is 0 Å². The predicted octanol–water partition coefficient (Wildman–Crippen LogP) is 2.66. The summed E-state index contributed by atoms with van der Waals surface area (Å²) in [6, 6.07) is 10.7. The third-order valence-electron chi connectivity index (χ3n) is 3.07. The minimum Gasteiger partial charge on any atom is -0.325 e. The number of pyridine rings is 1. The van der Waals surface area contributed by atoms with Gasteiger partial charge in [-0.25, -0.2) is 4.31 Å². The number of hydrogen-bond acceptors (Lipinski definition) is 4. The van der Waals surface area contributed by atoms with Gasteiger partial charge in [0.1, 0.15) is 0 Å². The van der Waals surface area contributed by atoms with Gasteiger partial charge in [-0.05, 0) is 48.3 Å². The van der Waals surface area contributed by atoms with Crippen LogP contribution in [0.15, 0.2) is 41.4 Å². The normalized spacial score (nSPS) is 14.8. The molecule has 0 radical (unpaired) electrons. The number of rotatable bonds is 2. The highest BCUT2D eigenvalue weighted by Gasteiger charge is 2.16. The van der Waals surface area contributed by atoms with Crippen molar-refractivity contribution in [2.75, 3.05) is 7.05 Å². The van der Waals surface area contributed by atoms with Crippen LogP contribution in [0.25, 0.3) is 11.1 Å². The van der Waals surface area contributed by atoms with E-state index in [1.165, 1.54) is 16.0 Å². The molecule has 1 aliphatic rings. The van der Waals surface area contributed by atoms with Crippen LogP contribution in [0.1, 0.15) is 11.3 Å². The SMILES string of the molecule is CN1Cc2cc(-c3ccc(CN)nc3)ccc2S1. The van der Waals surface area contributed by atoms with Crippen molar-refractivity contribution < 1.29 is 0 Å². The fourth-order valence-electron chi connectivity index (χ4n) is 2.13. The van der Waals surface area contributed by atoms with Crippen molar-refractivity contribution in [2.24, 2.45) is 5.73 Å². The van der Waals surface area contributed by atoms with Crippen molar-refractivity contribution in [3.05, 3.63) is 47.8 Å². The zero-order valence-corrected chi connectivity index (χ0v) is 11.1. The topological polar surface area (TPSA) is 42.1 Å². The second-order valence-corrected chi connectivity index (χ2v) is 5.69. The number of nitrogens with two attached hydrogens (primary N) is 1. The molecule has 0 saturated carbocycles. The van der Waals surface area contributed by atoms with E-state index in [2.05, 4.69) is 40.6 Å². The molecule has 4 heteroatoms. The summed E-state index contributed by atoms with van der Waals surface area (Å²) in [5.41, 5.74) is 10.2. The number of aromatic nitrogens is 1. The van der Waals surface area contributed by atoms with Crippen molar-refractivity contribution in [3.8, 4) is 11.1 Å². The van der Waals surface area contributed by atoms with Crippen LogP contribution in [-0.2, 0) is 13.1 Å². The van der Waals surface area contributed by atoms with Crippen LogP contribution in [0.2, 0.25) is 0 Å². The second kappa shape index (κ2) is 4.72. The molecule has 0 aliphatic carbocycles. The zero-order chi connectivity index (χ0) is 12.5. The van der Waals surface area contributed by atoms with Crippen LogP contribution >= 0.6 is 11.9 Å². The molecular formula is C14H15N3S. The lowest BCUT2D eigenvalue weighted by atomic mass is 10.0. The van der Waals surface area contributed by atoms with E-state index in [0.29, 0.717) is 6.54 Å². The molecule has 1 aliphatic heterocycles. The lowest BCUT2D eigenvalue weighted by molar-refractivity contribution is 0.581. The van der Waals surface area contributed by atoms with E-state index >= 15 is 0 Å². The Bertz CT molecular complexity index is 566. The summed E-state index contributed by atoms with van der Waals surface area (Å²) in [6.45, 7) is 1.49. The molecule has 0 fully saturated rings. The van der Waals surface area contributed by atoms with Gasteiger partial charge in [-0.3, -0.25) is 4.98 Å². The van der Waals surface area contributed by atoms with Gasteiger partial charge in [-0.15, -0.1) is 0 Å². The molecule has 0 unspecified atom stereocenters. The molecule has 0 saturated heterocycles. The van der Waals surface area contributed by atoms with Crippen LogP contribution < -0.4 is 5.73 Å². The fraction of sp³-hybridized carbons (Fsp3) is 0.214. The van der Waals surface area contributed by atoms with Gasteiger partial charge in [-0.1, -0.05) is 12.1 Å². The zero-order valence-electron chi connectivity index (χ0n) is 10.3. The first-order chi connectivity index (χ1) is 8.76. The third kappa shape index (κ3) is 2.14. The maximum absolute atomic E-state index is 5.56. The monoisotopic (exact) mass is 257 g/mol. The van der Waals surface area contributed by atoms with Gasteiger partial charge >= 0.3 is 0 Å². The highest BCUT2D eigenvalue weighted by Crippen LogP contribution is 2.36. The molecule has 0 spiro atoms. The summed E-state index contributed by atoms with van der Waals surface area (Å²) in [4.78, 5) is 5.70. The summed E-state index contributed by atoms with van der Waals surface area (Å²) < 4.78 is 2.24. The summed E-state index contributed by atoms with van der Waals surface area (Å²) in [7, 11) is 2.11. The molecular weight excluding hydrogens is 242 g/mol. The summed E-state index contributed by atoms with van der Waals surface area (Å²) in [5, 5.41) is 0. The minimum atomic E-state index is 0.492. The van der Waals surface area contributed by atoms with Gasteiger partial charge < -0.3 is 5.73 Å². The van der Waals surface area contributed by atoms with E-state index in [4.69, 9.17) is 5.73 Å². The van der Waals surface area contributed by atoms with E-state index in [-0.39, 0.29) is 0 Å². The standard InChI is InChI=1S/C14H15N3S/c1-17-9-12-6-10(3-5-14(12)18-17)11-2-4-13(7-15)16-8-11/h2-6,8H,7,9,15H2,1H3. The lowest BCUT2D eigenvalue weighted by Gasteiger charge is -2.04. The number of hydrogen-bond donors (Lipinski definition) is 1. The summed E-state index contributed by atoms with van der Waals surface area (Å²) in [5.74, 6) is 0. The Morgan fingerprint density at radius 1 is 1.28 bits per heavy atom. The van der Waals surface area contributed by atoms with Crippen LogP contribution in [0.3, 0.4) is 0 Å². The van der Waals surface area contributed by atoms with E-state index in [1.54, 1.807) is 11.9 Å². The average molecular weight is 257 g/mol. The Morgan fingerprint density at radius 2 is 2.11 bits per heavy atom. The molecule has 92 valence electrons. The maximum Gasteiger partial charge on any atom is 0.0539 e. The Hall–Kier alpha value is -1.36. The Morgan fingerprint density at radius 3 is 2.83 bits per heavy atom. The van der Waals surface area contributed by atoms with Gasteiger partial charge in [0, 0.05) is 29.7 Å². The highest BCUT2D eigenvalue weighted by atomic mass is 32.2. The predicted molar refractivity (Wildman–Crippen MR) is 74.9 cm³/mol. The first-order valence-corrected chi connectivity index (χ1v) is 6.71. The Labute approximate surface area is 111 Å². The van der Waals surface area contributed by atoms with Gasteiger partial charge in [-0.2, -0.15) is 0 Å². The molecule has 0 amide bonds. The molecule has 1 aromatic carbocycles. The van der Waals surface area contributed by atoms with E-state index in [0.717, 1.165) is 17.8 Å². The Kier molecular flexibility index (Phi) is 3.07. The van der Waals surface area contributed by atoms with Crippen molar-refractivity contribution in [2.45, 2.75) is 18.0 Å². The maximum atomic E-state index is 5.56. The van der Waals surface area contributed by atoms with Crippen molar-refractivity contribution >= 4 is 11.9 Å². The smallest absolute Gasteiger partial charge is 0.0539 e. The quantitative estimate of drug-likeness (QED) is 0.840. The lowest BCUT2D eigenvalue weighted by Crippen LogP contribution is -2.00. The molecule has 0 atom stereocenters. The fourth-order valence-corrected chi connectivity index (χ4v) is 3.04. The van der Waals surface area contributed by atoms with Crippen molar-refractivity contribution in [1.82, 2.24) is 9.29 Å². The minimum absolute atomic E-state index is 0.492. The van der Waals surface area contributed by atoms with E-state index < -0.39 is 0 Å². The number of fused-ring (bicyclic) bond motifs is 1. The molecule has 18 heavy (non-hydrogen) atoms. The van der Waals surface area contributed by atoms with Gasteiger partial charge in [0.15, 0.2) is 0 Å². The molecule has 2 aromatic rings. The van der Waals surface area contributed by atoms with Gasteiger partial charge in [0.05, 0.1) is 5.69 Å². The van der Waals surface area contributed by atoms with Crippen molar-refractivity contribution in [3.63, 3.8) is 0 Å². The van der Waals surface area contributed by atoms with E-state index in [1.807, 2.05) is 12.3 Å². The van der Waals surface area contributed by atoms with Crippen LogP contribution in [0, 0.1) is 0 Å². The number of benzene rings is 1. The molecule has 3 rings (SSSR count). The third-order valence-corrected chi connectivity index (χ3v) is 4.11.